The lowest BCUT2D eigenvalue weighted by molar-refractivity contribution is -0.0736. The first-order chi connectivity index (χ1) is 8.23. The number of nitrogens with two attached hydrogens (primary N) is 1. The van der Waals surface area contributed by atoms with E-state index in [1.165, 1.54) is 19.3 Å². The molecule has 1 saturated carbocycles. The Kier molecular flexibility index (Phi) is 4.25. The van der Waals surface area contributed by atoms with Crippen LogP contribution < -0.4 is 11.3 Å². The van der Waals surface area contributed by atoms with E-state index in [0.717, 1.165) is 23.1 Å². The largest absolute Gasteiger partial charge is 0.466 e. The van der Waals surface area contributed by atoms with Crippen molar-refractivity contribution in [3.05, 3.63) is 22.6 Å². The Morgan fingerprint density at radius 2 is 2.18 bits per heavy atom. The molecule has 0 amide bonds. The molecular formula is C12H19BrN2O2. The summed E-state index contributed by atoms with van der Waals surface area (Å²) in [6.45, 7) is 0. The van der Waals surface area contributed by atoms with Gasteiger partial charge in [0.25, 0.3) is 0 Å². The topological polar surface area (TPSA) is 60.4 Å². The van der Waals surface area contributed by atoms with Crippen LogP contribution >= 0.6 is 15.9 Å². The van der Waals surface area contributed by atoms with E-state index in [1.807, 2.05) is 6.07 Å². The number of methoxy groups -OCH3 is 1. The fourth-order valence-corrected chi connectivity index (χ4v) is 3.17. The van der Waals surface area contributed by atoms with Crippen LogP contribution in [0.5, 0.6) is 0 Å². The fraction of sp³-hybridized carbons (Fsp3) is 0.667. The van der Waals surface area contributed by atoms with Crippen molar-refractivity contribution < 1.29 is 9.15 Å². The molecule has 1 aromatic heterocycles. The summed E-state index contributed by atoms with van der Waals surface area (Å²) in [4.78, 5) is 0. The van der Waals surface area contributed by atoms with Gasteiger partial charge in [-0.2, -0.15) is 0 Å². The highest BCUT2D eigenvalue weighted by molar-refractivity contribution is 9.10. The SMILES string of the molecule is COC1(C(NN)c2occc2Br)CCCCC1. The van der Waals surface area contributed by atoms with Crippen molar-refractivity contribution in [3.63, 3.8) is 0 Å². The van der Waals surface area contributed by atoms with E-state index >= 15 is 0 Å². The third kappa shape index (κ3) is 2.42. The van der Waals surface area contributed by atoms with Gasteiger partial charge in [0.1, 0.15) is 11.8 Å². The Hall–Kier alpha value is -0.360. The van der Waals surface area contributed by atoms with E-state index in [2.05, 4.69) is 21.4 Å². The van der Waals surface area contributed by atoms with Crippen LogP contribution in [0.15, 0.2) is 21.2 Å². The number of rotatable bonds is 4. The molecule has 0 aliphatic heterocycles. The van der Waals surface area contributed by atoms with Crippen molar-refractivity contribution in [2.45, 2.75) is 43.7 Å². The van der Waals surface area contributed by atoms with Gasteiger partial charge in [0, 0.05) is 7.11 Å². The fourth-order valence-electron chi connectivity index (χ4n) is 2.74. The molecule has 1 atom stereocenters. The molecule has 0 spiro atoms. The first-order valence-corrected chi connectivity index (χ1v) is 6.77. The summed E-state index contributed by atoms with van der Waals surface area (Å²) >= 11 is 3.48. The summed E-state index contributed by atoms with van der Waals surface area (Å²) in [7, 11) is 1.76. The van der Waals surface area contributed by atoms with Crippen molar-refractivity contribution in [2.24, 2.45) is 5.84 Å². The van der Waals surface area contributed by atoms with Crippen LogP contribution in [0.3, 0.4) is 0 Å². The molecule has 5 heteroatoms. The van der Waals surface area contributed by atoms with Crippen molar-refractivity contribution >= 4 is 15.9 Å². The maximum atomic E-state index is 5.79. The zero-order valence-electron chi connectivity index (χ0n) is 10.0. The van der Waals surface area contributed by atoms with Crippen LogP contribution in [0, 0.1) is 0 Å². The molecule has 1 aromatic rings. The number of furan rings is 1. The van der Waals surface area contributed by atoms with E-state index in [1.54, 1.807) is 13.4 Å². The Morgan fingerprint density at radius 3 is 2.65 bits per heavy atom. The summed E-state index contributed by atoms with van der Waals surface area (Å²) < 4.78 is 12.2. The molecule has 1 heterocycles. The molecule has 1 aliphatic rings. The molecule has 0 bridgehead atoms. The lowest BCUT2D eigenvalue weighted by Crippen LogP contribution is -2.49. The van der Waals surface area contributed by atoms with E-state index in [-0.39, 0.29) is 11.6 Å². The predicted molar refractivity (Wildman–Crippen MR) is 69.3 cm³/mol. The molecule has 1 unspecified atom stereocenters. The minimum atomic E-state index is -0.257. The quantitative estimate of drug-likeness (QED) is 0.663. The maximum Gasteiger partial charge on any atom is 0.139 e. The molecule has 2 rings (SSSR count). The first kappa shape index (κ1) is 13.1. The average molecular weight is 303 g/mol. The molecule has 4 nitrogen and oxygen atoms in total. The van der Waals surface area contributed by atoms with Gasteiger partial charge in [-0.25, -0.2) is 5.43 Å². The second kappa shape index (κ2) is 5.52. The van der Waals surface area contributed by atoms with Crippen LogP contribution in [-0.4, -0.2) is 12.7 Å². The average Bonchev–Trinajstić information content (AvgIpc) is 2.78. The zero-order valence-corrected chi connectivity index (χ0v) is 11.6. The van der Waals surface area contributed by atoms with Crippen molar-refractivity contribution in [2.75, 3.05) is 7.11 Å². The summed E-state index contributed by atoms with van der Waals surface area (Å²) in [5.41, 5.74) is 2.60. The lowest BCUT2D eigenvalue weighted by Gasteiger charge is -2.41. The molecule has 3 N–H and O–H groups in total. The van der Waals surface area contributed by atoms with Crippen molar-refractivity contribution in [3.8, 4) is 0 Å². The summed E-state index contributed by atoms with van der Waals surface area (Å²) in [6.07, 6.45) is 7.28. The standard InChI is InChI=1S/C12H19BrN2O2/c1-16-12(6-3-2-4-7-12)11(15-14)10-9(13)5-8-17-10/h5,8,11,15H,2-4,6-7,14H2,1H3. The molecule has 1 aliphatic carbocycles. The lowest BCUT2D eigenvalue weighted by atomic mass is 9.78. The number of nitrogens with one attached hydrogen (secondary N) is 1. The first-order valence-electron chi connectivity index (χ1n) is 5.97. The highest BCUT2D eigenvalue weighted by Gasteiger charge is 2.42. The van der Waals surface area contributed by atoms with Crippen LogP contribution in [0.4, 0.5) is 0 Å². The third-order valence-electron chi connectivity index (χ3n) is 3.71. The van der Waals surface area contributed by atoms with Crippen LogP contribution in [0.25, 0.3) is 0 Å². The number of hydrogen-bond donors (Lipinski definition) is 2. The van der Waals surface area contributed by atoms with Gasteiger partial charge < -0.3 is 9.15 Å². The molecule has 1 fully saturated rings. The van der Waals surface area contributed by atoms with Gasteiger partial charge >= 0.3 is 0 Å². The van der Waals surface area contributed by atoms with Crippen LogP contribution in [0.1, 0.15) is 43.9 Å². The normalized spacial score (nSPS) is 21.4. The number of ether oxygens (including phenoxy) is 1. The number of hydrogen-bond acceptors (Lipinski definition) is 4. The van der Waals surface area contributed by atoms with Gasteiger partial charge in [0.15, 0.2) is 0 Å². The molecule has 0 saturated heterocycles. The molecular weight excluding hydrogens is 284 g/mol. The summed E-state index contributed by atoms with van der Waals surface area (Å²) in [6, 6.07) is 1.77. The highest BCUT2D eigenvalue weighted by Crippen LogP contribution is 2.42. The van der Waals surface area contributed by atoms with Gasteiger partial charge in [-0.3, -0.25) is 5.84 Å². The van der Waals surface area contributed by atoms with Gasteiger partial charge in [-0.1, -0.05) is 19.3 Å². The van der Waals surface area contributed by atoms with Crippen LogP contribution in [-0.2, 0) is 4.74 Å². The smallest absolute Gasteiger partial charge is 0.139 e. The maximum absolute atomic E-state index is 5.79. The van der Waals surface area contributed by atoms with E-state index in [0.29, 0.717) is 0 Å². The highest BCUT2D eigenvalue weighted by atomic mass is 79.9. The Bertz CT molecular complexity index is 361. The summed E-state index contributed by atoms with van der Waals surface area (Å²) in [5, 5.41) is 0. The molecule has 0 aromatic carbocycles. The monoisotopic (exact) mass is 302 g/mol. The van der Waals surface area contributed by atoms with Crippen molar-refractivity contribution in [1.29, 1.82) is 0 Å². The zero-order chi connectivity index (χ0) is 12.3. The Labute approximate surface area is 110 Å². The van der Waals surface area contributed by atoms with E-state index in [9.17, 15) is 0 Å². The van der Waals surface area contributed by atoms with E-state index in [4.69, 9.17) is 15.0 Å². The number of halogens is 1. The van der Waals surface area contributed by atoms with E-state index < -0.39 is 0 Å². The van der Waals surface area contributed by atoms with Gasteiger partial charge in [0.2, 0.25) is 0 Å². The van der Waals surface area contributed by atoms with Gasteiger partial charge in [0.05, 0.1) is 16.3 Å². The van der Waals surface area contributed by atoms with Crippen LogP contribution in [0.2, 0.25) is 0 Å². The molecule has 17 heavy (non-hydrogen) atoms. The second-order valence-corrected chi connectivity index (χ2v) is 5.42. The molecule has 96 valence electrons. The predicted octanol–water partition coefficient (Wildman–Crippen LogP) is 2.90. The summed E-state index contributed by atoms with van der Waals surface area (Å²) in [5.74, 6) is 6.53. The Morgan fingerprint density at radius 1 is 1.47 bits per heavy atom. The molecule has 0 radical (unpaired) electrons. The minimum Gasteiger partial charge on any atom is -0.466 e. The van der Waals surface area contributed by atoms with Crippen molar-refractivity contribution in [1.82, 2.24) is 5.43 Å². The Balaban J connectivity index is 2.29. The number of hydrazine groups is 1. The van der Waals surface area contributed by atoms with Gasteiger partial charge in [-0.15, -0.1) is 0 Å². The van der Waals surface area contributed by atoms with Gasteiger partial charge in [-0.05, 0) is 34.8 Å². The minimum absolute atomic E-state index is 0.114. The second-order valence-electron chi connectivity index (χ2n) is 4.56. The third-order valence-corrected chi connectivity index (χ3v) is 4.36.